The van der Waals surface area contributed by atoms with Crippen molar-refractivity contribution >= 4 is 11.9 Å². The van der Waals surface area contributed by atoms with Crippen LogP contribution in [0.4, 0.5) is 0 Å². The summed E-state index contributed by atoms with van der Waals surface area (Å²) in [5, 5.41) is 4.32. The van der Waals surface area contributed by atoms with Gasteiger partial charge in [-0.15, -0.1) is 0 Å². The molecule has 0 aliphatic rings. The van der Waals surface area contributed by atoms with Gasteiger partial charge in [0.25, 0.3) is 0 Å². The molecular formula is C12H8N4O. The van der Waals surface area contributed by atoms with Gasteiger partial charge in [-0.3, -0.25) is 9.78 Å². The highest BCUT2D eigenvalue weighted by molar-refractivity contribution is 5.74. The van der Waals surface area contributed by atoms with Crippen molar-refractivity contribution in [3.8, 4) is 11.4 Å². The van der Waals surface area contributed by atoms with Crippen molar-refractivity contribution in [2.45, 2.75) is 0 Å². The molecule has 0 aliphatic carbocycles. The monoisotopic (exact) mass is 224 g/mol. The molecule has 5 nitrogen and oxygen atoms in total. The Hall–Kier alpha value is -2.56. The average molecular weight is 224 g/mol. The van der Waals surface area contributed by atoms with Gasteiger partial charge in [-0.1, -0.05) is 6.07 Å². The highest BCUT2D eigenvalue weighted by Crippen LogP contribution is 2.15. The minimum atomic E-state index is 0.494. The van der Waals surface area contributed by atoms with E-state index in [1.54, 1.807) is 16.9 Å². The first-order chi connectivity index (χ1) is 8.36. The van der Waals surface area contributed by atoms with Crippen molar-refractivity contribution in [1.29, 1.82) is 0 Å². The third-order valence-corrected chi connectivity index (χ3v) is 2.40. The minimum Gasteiger partial charge on any atom is -0.298 e. The van der Waals surface area contributed by atoms with Crippen LogP contribution in [0.25, 0.3) is 17.0 Å². The fraction of sp³-hybridized carbons (Fsp3) is 0. The van der Waals surface area contributed by atoms with Gasteiger partial charge in [-0.25, -0.2) is 9.50 Å². The van der Waals surface area contributed by atoms with E-state index >= 15 is 0 Å². The maximum Gasteiger partial charge on any atom is 0.155 e. The van der Waals surface area contributed by atoms with Crippen molar-refractivity contribution in [2.24, 2.45) is 0 Å². The highest BCUT2D eigenvalue weighted by Gasteiger charge is 2.06. The van der Waals surface area contributed by atoms with Gasteiger partial charge >= 0.3 is 0 Å². The summed E-state index contributed by atoms with van der Waals surface area (Å²) in [6.45, 7) is 0. The van der Waals surface area contributed by atoms with Crippen molar-refractivity contribution in [3.63, 3.8) is 0 Å². The Balaban J connectivity index is 2.17. The summed E-state index contributed by atoms with van der Waals surface area (Å²) in [5.41, 5.74) is 2.70. The molecular weight excluding hydrogens is 216 g/mol. The summed E-state index contributed by atoms with van der Waals surface area (Å²) < 4.78 is 1.58. The van der Waals surface area contributed by atoms with Crippen LogP contribution in [0.1, 0.15) is 10.4 Å². The predicted octanol–water partition coefficient (Wildman–Crippen LogP) is 1.60. The smallest absolute Gasteiger partial charge is 0.155 e. The normalized spacial score (nSPS) is 10.6. The van der Waals surface area contributed by atoms with Crippen LogP contribution in [0.2, 0.25) is 0 Å². The zero-order chi connectivity index (χ0) is 11.7. The van der Waals surface area contributed by atoms with Gasteiger partial charge in [0, 0.05) is 24.7 Å². The summed E-state index contributed by atoms with van der Waals surface area (Å²) in [7, 11) is 0. The molecule has 0 bridgehead atoms. The molecule has 0 unspecified atom stereocenters. The summed E-state index contributed by atoms with van der Waals surface area (Å²) in [5.74, 6) is 0. The second-order valence-corrected chi connectivity index (χ2v) is 3.55. The number of nitrogens with zero attached hydrogens (tertiary/aromatic N) is 4. The number of aldehydes is 1. The van der Waals surface area contributed by atoms with E-state index in [2.05, 4.69) is 15.1 Å². The van der Waals surface area contributed by atoms with Gasteiger partial charge in [0.15, 0.2) is 11.9 Å². The molecule has 0 aromatic carbocycles. The van der Waals surface area contributed by atoms with Crippen LogP contribution in [0.3, 0.4) is 0 Å². The average Bonchev–Trinajstić information content (AvgIpc) is 2.82. The summed E-state index contributed by atoms with van der Waals surface area (Å²) in [6, 6.07) is 7.46. The summed E-state index contributed by atoms with van der Waals surface area (Å²) in [4.78, 5) is 19.0. The quantitative estimate of drug-likeness (QED) is 0.620. The molecule has 17 heavy (non-hydrogen) atoms. The van der Waals surface area contributed by atoms with E-state index in [0.717, 1.165) is 17.7 Å². The molecule has 0 saturated heterocycles. The fourth-order valence-corrected chi connectivity index (χ4v) is 1.59. The fourth-order valence-electron chi connectivity index (χ4n) is 1.59. The van der Waals surface area contributed by atoms with Crippen LogP contribution in [0, 0.1) is 0 Å². The van der Waals surface area contributed by atoms with E-state index in [-0.39, 0.29) is 0 Å². The van der Waals surface area contributed by atoms with Crippen molar-refractivity contribution < 1.29 is 4.79 Å². The van der Waals surface area contributed by atoms with Crippen LogP contribution in [-0.4, -0.2) is 25.9 Å². The van der Waals surface area contributed by atoms with Crippen molar-refractivity contribution in [1.82, 2.24) is 19.6 Å². The van der Waals surface area contributed by atoms with E-state index in [4.69, 9.17) is 0 Å². The number of hydrogen-bond donors (Lipinski definition) is 0. The molecule has 0 aliphatic heterocycles. The Bertz CT molecular complexity index is 675. The van der Waals surface area contributed by atoms with Crippen molar-refractivity contribution in [2.75, 3.05) is 0 Å². The van der Waals surface area contributed by atoms with E-state index < -0.39 is 0 Å². The van der Waals surface area contributed by atoms with Gasteiger partial charge in [-0.2, -0.15) is 5.10 Å². The SMILES string of the molecule is O=Cc1cnc2cc(-c3ccccn3)nn2c1. The second kappa shape index (κ2) is 3.79. The zero-order valence-corrected chi connectivity index (χ0v) is 8.82. The molecule has 0 radical (unpaired) electrons. The first-order valence-electron chi connectivity index (χ1n) is 5.09. The molecule has 82 valence electrons. The first kappa shape index (κ1) is 9.65. The molecule has 0 fully saturated rings. The Labute approximate surface area is 96.8 Å². The van der Waals surface area contributed by atoms with Crippen LogP contribution in [0.5, 0.6) is 0 Å². The molecule has 0 spiro atoms. The molecule has 0 N–H and O–H groups in total. The van der Waals surface area contributed by atoms with E-state index in [0.29, 0.717) is 11.2 Å². The molecule has 3 rings (SSSR count). The lowest BCUT2D eigenvalue weighted by Gasteiger charge is -1.92. The second-order valence-electron chi connectivity index (χ2n) is 3.55. The van der Waals surface area contributed by atoms with Gasteiger partial charge in [0.2, 0.25) is 0 Å². The lowest BCUT2D eigenvalue weighted by atomic mass is 10.3. The first-order valence-corrected chi connectivity index (χ1v) is 5.09. The largest absolute Gasteiger partial charge is 0.298 e. The lowest BCUT2D eigenvalue weighted by molar-refractivity contribution is 0.112. The third-order valence-electron chi connectivity index (χ3n) is 2.40. The number of carbonyl (C=O) groups excluding carboxylic acids is 1. The molecule has 5 heteroatoms. The molecule has 0 atom stereocenters. The topological polar surface area (TPSA) is 60.2 Å². The van der Waals surface area contributed by atoms with Gasteiger partial charge in [0.1, 0.15) is 5.69 Å². The molecule has 3 aromatic rings. The number of fused-ring (bicyclic) bond motifs is 1. The zero-order valence-electron chi connectivity index (χ0n) is 8.82. The Morgan fingerprint density at radius 3 is 2.88 bits per heavy atom. The Morgan fingerprint density at radius 1 is 1.18 bits per heavy atom. The number of pyridine rings is 1. The van der Waals surface area contributed by atoms with Gasteiger partial charge in [-0.05, 0) is 12.1 Å². The van der Waals surface area contributed by atoms with Crippen LogP contribution in [-0.2, 0) is 0 Å². The Kier molecular flexibility index (Phi) is 2.15. The van der Waals surface area contributed by atoms with Crippen LogP contribution < -0.4 is 0 Å². The maximum absolute atomic E-state index is 10.6. The highest BCUT2D eigenvalue weighted by atomic mass is 16.1. The molecule has 0 amide bonds. The Morgan fingerprint density at radius 2 is 2.12 bits per heavy atom. The summed E-state index contributed by atoms with van der Waals surface area (Å²) >= 11 is 0. The third kappa shape index (κ3) is 1.67. The number of aromatic nitrogens is 4. The van der Waals surface area contributed by atoms with Gasteiger partial charge in [0.05, 0.1) is 11.3 Å². The van der Waals surface area contributed by atoms with Crippen LogP contribution in [0.15, 0.2) is 42.9 Å². The summed E-state index contributed by atoms with van der Waals surface area (Å²) in [6.07, 6.45) is 5.62. The lowest BCUT2D eigenvalue weighted by Crippen LogP contribution is -1.93. The predicted molar refractivity (Wildman–Crippen MR) is 61.6 cm³/mol. The van der Waals surface area contributed by atoms with Crippen molar-refractivity contribution in [3.05, 3.63) is 48.4 Å². The number of hydrogen-bond acceptors (Lipinski definition) is 4. The van der Waals surface area contributed by atoms with E-state index in [1.165, 1.54) is 6.20 Å². The minimum absolute atomic E-state index is 0.494. The van der Waals surface area contributed by atoms with Gasteiger partial charge < -0.3 is 0 Å². The maximum atomic E-state index is 10.6. The molecule has 0 saturated carbocycles. The standard InChI is InChI=1S/C12H8N4O/c17-8-9-6-14-12-5-11(15-16(12)7-9)10-3-1-2-4-13-10/h1-8H. The number of rotatable bonds is 2. The van der Waals surface area contributed by atoms with E-state index in [9.17, 15) is 4.79 Å². The van der Waals surface area contributed by atoms with E-state index in [1.807, 2.05) is 24.3 Å². The molecule has 3 aromatic heterocycles. The number of carbonyl (C=O) groups is 1. The molecule has 3 heterocycles. The van der Waals surface area contributed by atoms with Crippen LogP contribution >= 0.6 is 0 Å².